The lowest BCUT2D eigenvalue weighted by Crippen LogP contribution is -2.63. The van der Waals surface area contributed by atoms with E-state index in [-0.39, 0.29) is 55.7 Å². The van der Waals surface area contributed by atoms with Crippen LogP contribution >= 0.6 is 23.4 Å². The maximum absolute atomic E-state index is 13.6. The van der Waals surface area contributed by atoms with Gasteiger partial charge in [0.15, 0.2) is 5.72 Å². The molecule has 3 saturated heterocycles. The Morgan fingerprint density at radius 3 is 2.53 bits per heavy atom. The number of nitrogens with zero attached hydrogens (tertiary/aromatic N) is 2. The number of imide groups is 1. The number of rotatable bonds is 25. The van der Waals surface area contributed by atoms with Crippen molar-refractivity contribution in [3.63, 3.8) is 0 Å². The molecule has 0 saturated carbocycles. The fourth-order valence-electron chi connectivity index (χ4n) is 7.95. The summed E-state index contributed by atoms with van der Waals surface area (Å²) in [6.07, 6.45) is 2.30. The number of methoxy groups -OCH3 is 2. The van der Waals surface area contributed by atoms with Crippen LogP contribution in [-0.4, -0.2) is 155 Å². The first kappa shape index (κ1) is 53.9. The number of likely N-dealkylation sites (N-methyl/N-ethyl adjacent to an activating group) is 1. The maximum atomic E-state index is 13.6. The molecule has 10 atom stereocenters. The Morgan fingerprint density at radius 1 is 1.17 bits per heavy atom. The van der Waals surface area contributed by atoms with Crippen LogP contribution in [0.4, 0.5) is 4.79 Å². The predicted molar refractivity (Wildman–Crippen MR) is 243 cm³/mol. The Labute approximate surface area is 394 Å². The van der Waals surface area contributed by atoms with Gasteiger partial charge in [-0.25, -0.2) is 9.59 Å². The van der Waals surface area contributed by atoms with Gasteiger partial charge in [-0.1, -0.05) is 54.8 Å². The number of thioether (sulfide) groups is 1. The molecule has 0 radical (unpaired) electrons. The highest BCUT2D eigenvalue weighted by atomic mass is 35.5. The minimum Gasteiger partial charge on any atom is -0.495 e. The number of hydrogen-bond donors (Lipinski definition) is 5. The zero-order valence-electron chi connectivity index (χ0n) is 38.7. The molecular formula is C45H64ClN5O14S. The fraction of sp³-hybridized carbons (Fsp3) is 0.622. The van der Waals surface area contributed by atoms with Crippen LogP contribution in [0.25, 0.3) is 0 Å². The monoisotopic (exact) mass is 965 g/mol. The van der Waals surface area contributed by atoms with Gasteiger partial charge < -0.3 is 49.8 Å². The molecule has 4 rings (SSSR count). The van der Waals surface area contributed by atoms with Crippen molar-refractivity contribution in [3.05, 3.63) is 52.6 Å². The van der Waals surface area contributed by atoms with Gasteiger partial charge in [0.25, 0.3) is 0 Å². The van der Waals surface area contributed by atoms with Crippen molar-refractivity contribution >= 4 is 65.0 Å². The number of carboxylic acid groups (broad SMARTS) is 1. The van der Waals surface area contributed by atoms with Gasteiger partial charge in [-0.05, 0) is 57.7 Å². The van der Waals surface area contributed by atoms with Crippen LogP contribution in [0.5, 0.6) is 5.75 Å². The number of halogens is 1. The number of cyclic esters (lactones) is 1. The zero-order valence-corrected chi connectivity index (χ0v) is 40.3. The van der Waals surface area contributed by atoms with E-state index in [0.717, 1.165) is 27.8 Å². The number of nitrogens with two attached hydrogens (primary N) is 1. The third-order valence-corrected chi connectivity index (χ3v) is 13.9. The molecule has 6 N–H and O–H groups in total. The van der Waals surface area contributed by atoms with Crippen LogP contribution < -0.4 is 21.1 Å². The average Bonchev–Trinajstić information content (AvgIpc) is 3.90. The van der Waals surface area contributed by atoms with Crippen molar-refractivity contribution in [2.24, 2.45) is 11.7 Å². The quantitative estimate of drug-likeness (QED) is 0.0310. The minimum atomic E-state index is -1.88. The summed E-state index contributed by atoms with van der Waals surface area (Å²) in [6, 6.07) is 3.33. The number of alkyl carbamates (subject to hydrolysis) is 1. The summed E-state index contributed by atoms with van der Waals surface area (Å²) in [6.45, 7) is 7.04. The van der Waals surface area contributed by atoms with E-state index in [9.17, 15) is 38.7 Å². The molecule has 0 aromatic heterocycles. The number of amides is 5. The van der Waals surface area contributed by atoms with E-state index < -0.39 is 82.9 Å². The summed E-state index contributed by atoms with van der Waals surface area (Å²) in [5.74, 6) is -3.48. The van der Waals surface area contributed by atoms with Gasteiger partial charge in [0.05, 0.1) is 29.9 Å². The fourth-order valence-corrected chi connectivity index (χ4v) is 9.26. The molecule has 3 heterocycles. The minimum absolute atomic E-state index is 0.00125. The van der Waals surface area contributed by atoms with Crippen LogP contribution in [-0.2, 0) is 54.1 Å². The van der Waals surface area contributed by atoms with Crippen molar-refractivity contribution in [2.75, 3.05) is 40.6 Å². The molecule has 1 aromatic rings. The highest BCUT2D eigenvalue weighted by molar-refractivity contribution is 8.00. The number of hydrogen-bond acceptors (Lipinski definition) is 15. The van der Waals surface area contributed by atoms with Gasteiger partial charge in [0.1, 0.15) is 41.7 Å². The molecule has 19 nitrogen and oxygen atoms in total. The smallest absolute Gasteiger partial charge is 0.409 e. The van der Waals surface area contributed by atoms with E-state index in [0.29, 0.717) is 36.5 Å². The summed E-state index contributed by atoms with van der Waals surface area (Å²) in [7, 11) is 5.85. The third kappa shape index (κ3) is 13.9. The summed E-state index contributed by atoms with van der Waals surface area (Å²) in [5.41, 5.74) is 4.40. The summed E-state index contributed by atoms with van der Waals surface area (Å²) in [4.78, 5) is 91.0. The van der Waals surface area contributed by atoms with Gasteiger partial charge in [-0.3, -0.25) is 34.2 Å². The number of carboxylic acids is 1. The van der Waals surface area contributed by atoms with Gasteiger partial charge in [0.2, 0.25) is 23.6 Å². The number of esters is 1. The lowest BCUT2D eigenvalue weighted by Gasteiger charge is -2.42. The zero-order chi connectivity index (χ0) is 49.1. The second-order valence-electron chi connectivity index (χ2n) is 17.1. The first-order valence-electron chi connectivity index (χ1n) is 21.8. The molecule has 0 aliphatic carbocycles. The number of likely N-dealkylation sites (tertiary alicyclic amines) is 1. The number of epoxide rings is 1. The number of carbonyl (C=O) groups excluding carboxylic acids is 6. The molecule has 366 valence electrons. The second-order valence-corrected chi connectivity index (χ2v) is 18.8. The second kappa shape index (κ2) is 23.8. The largest absolute Gasteiger partial charge is 0.495 e. The lowest BCUT2D eigenvalue weighted by atomic mass is 9.83. The van der Waals surface area contributed by atoms with Crippen LogP contribution in [0.3, 0.4) is 0 Å². The number of aliphatic hydroxyl groups is 1. The summed E-state index contributed by atoms with van der Waals surface area (Å²) < 4.78 is 28.7. The van der Waals surface area contributed by atoms with Crippen LogP contribution in [0, 0.1) is 5.92 Å². The SMILES string of the molecule is CNC(=O)C[C@H](OC(=O)[C@H](C)N(C)C(=O)CCCCCN1C(=O)CC(SC[C@H](N)C(=O)O)C1=O)[C@]1(C)OC1[C@H](C)[C@@H]1C[C@](O)([C@@H](/C=C/C=C(\C)Cc2ccc(Cl)c(OC)c2)OC)NC(=O)O1. The van der Waals surface area contributed by atoms with Crippen LogP contribution in [0.1, 0.15) is 78.2 Å². The number of aliphatic carboxylic acids is 1. The molecule has 0 bridgehead atoms. The van der Waals surface area contributed by atoms with Gasteiger partial charge in [-0.2, -0.15) is 0 Å². The number of allylic oxidation sites excluding steroid dienone is 3. The van der Waals surface area contributed by atoms with E-state index in [2.05, 4.69) is 10.6 Å². The molecule has 66 heavy (non-hydrogen) atoms. The molecule has 2 unspecified atom stereocenters. The van der Waals surface area contributed by atoms with Crippen molar-refractivity contribution in [2.45, 2.75) is 132 Å². The number of benzene rings is 1. The molecule has 3 fully saturated rings. The van der Waals surface area contributed by atoms with Crippen LogP contribution in [0.15, 0.2) is 42.0 Å². The van der Waals surface area contributed by atoms with Crippen molar-refractivity contribution in [3.8, 4) is 5.75 Å². The van der Waals surface area contributed by atoms with Gasteiger partial charge >= 0.3 is 18.0 Å². The molecule has 1 aromatic carbocycles. The number of carbonyl (C=O) groups is 7. The Morgan fingerprint density at radius 2 is 1.88 bits per heavy atom. The average molecular weight is 967 g/mol. The topological polar surface area (TPSA) is 266 Å². The number of ether oxygens (including phenoxy) is 5. The molecule has 0 spiro atoms. The molecular weight excluding hydrogens is 902 g/mol. The number of nitrogens with one attached hydrogen (secondary N) is 2. The summed E-state index contributed by atoms with van der Waals surface area (Å²) in [5, 5.41) is 25.6. The maximum Gasteiger partial charge on any atom is 0.409 e. The number of unbranched alkanes of at least 4 members (excludes halogenated alkanes) is 2. The normalized spacial score (nSPS) is 25.3. The Kier molecular flexibility index (Phi) is 19.4. The van der Waals surface area contributed by atoms with E-state index in [4.69, 9.17) is 46.1 Å². The van der Waals surface area contributed by atoms with Crippen molar-refractivity contribution < 1.29 is 67.5 Å². The van der Waals surface area contributed by atoms with Crippen molar-refractivity contribution in [1.82, 2.24) is 20.4 Å². The van der Waals surface area contributed by atoms with E-state index >= 15 is 0 Å². The Hall–Kier alpha value is -4.73. The first-order chi connectivity index (χ1) is 31.1. The molecule has 3 aliphatic rings. The van der Waals surface area contributed by atoms with Gasteiger partial charge in [0, 0.05) is 58.7 Å². The highest BCUT2D eigenvalue weighted by Gasteiger charge is 2.64. The predicted octanol–water partition coefficient (Wildman–Crippen LogP) is 3.12. The van der Waals surface area contributed by atoms with E-state index in [1.54, 1.807) is 39.2 Å². The van der Waals surface area contributed by atoms with Crippen LogP contribution in [0.2, 0.25) is 5.02 Å². The van der Waals surface area contributed by atoms with Crippen molar-refractivity contribution in [1.29, 1.82) is 0 Å². The first-order valence-corrected chi connectivity index (χ1v) is 23.2. The third-order valence-electron chi connectivity index (χ3n) is 12.3. The lowest BCUT2D eigenvalue weighted by molar-refractivity contribution is -0.162. The standard InChI is InChI=1S/C45H64ClN5O14S/c1-25(19-28-16-17-29(46)31(20-28)61-7)13-12-14-34(62-8)45(60)23-32(63-43(59)49-45)26(2)39-44(4,65-39)35(22-36(52)48-5)64-42(58)27(3)50(6)37(53)15-10-9-11-18-51-38(54)21-33(40(51)55)66-24-30(47)41(56)57/h12-14,16-17,20,26-27,30,32-35,39,60H,9-11,15,18-19,21-24,47H2,1-8H3,(H,48,52)(H,49,59)(H,56,57)/b14-12+,25-13+/t26-,27+,30+,32+,33?,34-,35+,39?,44+,45+/m1/s1. The Balaban J connectivity index is 1.31. The van der Waals surface area contributed by atoms with Gasteiger partial charge in [-0.15, -0.1) is 11.8 Å². The van der Waals surface area contributed by atoms with E-state index in [1.165, 1.54) is 33.0 Å². The Bertz CT molecular complexity index is 2020. The summed E-state index contributed by atoms with van der Waals surface area (Å²) >= 11 is 7.21. The molecule has 5 amide bonds. The molecule has 3 aliphatic heterocycles. The molecule has 21 heteroatoms. The van der Waals surface area contributed by atoms with E-state index in [1.807, 2.05) is 25.1 Å². The highest BCUT2D eigenvalue weighted by Crippen LogP contribution is 2.49.